The molecular weight excluding hydrogens is 242 g/mol. The molecule has 0 saturated carbocycles. The van der Waals surface area contributed by atoms with Gasteiger partial charge in [-0.2, -0.15) is 0 Å². The Morgan fingerprint density at radius 2 is 2.29 bits per heavy atom. The maximum absolute atomic E-state index is 11.7. The first-order chi connectivity index (χ1) is 8.02. The molecule has 4 nitrogen and oxygen atoms in total. The molecule has 0 aliphatic heterocycles. The quantitative estimate of drug-likeness (QED) is 0.766. The van der Waals surface area contributed by atoms with E-state index in [0.717, 1.165) is 11.1 Å². The van der Waals surface area contributed by atoms with Crippen molar-refractivity contribution in [3.05, 3.63) is 34.3 Å². The molecule has 0 saturated heterocycles. The van der Waals surface area contributed by atoms with Crippen LogP contribution in [0.4, 0.5) is 0 Å². The van der Waals surface area contributed by atoms with Crippen LogP contribution in [0.3, 0.4) is 0 Å². The molecule has 1 N–H and O–H groups in total. The highest BCUT2D eigenvalue weighted by Gasteiger charge is 2.48. The van der Waals surface area contributed by atoms with Crippen molar-refractivity contribution in [3.8, 4) is 0 Å². The third-order valence-corrected chi connectivity index (χ3v) is 3.14. The Morgan fingerprint density at radius 3 is 2.88 bits per heavy atom. The molecule has 1 aliphatic carbocycles. The summed E-state index contributed by atoms with van der Waals surface area (Å²) >= 11 is 5.88. The van der Waals surface area contributed by atoms with Crippen molar-refractivity contribution in [2.45, 2.75) is 12.0 Å². The maximum Gasteiger partial charge on any atom is 0.344 e. The standard InChI is InChI=1S/C12H12ClNO3/c1-14-10-9-4-3-8(13)5-7(9)6-12(10,16)11(15)17-2/h3-5,16H,6H2,1-2H3/b14-10-. The summed E-state index contributed by atoms with van der Waals surface area (Å²) in [4.78, 5) is 15.7. The van der Waals surface area contributed by atoms with Crippen LogP contribution in [0.15, 0.2) is 23.2 Å². The van der Waals surface area contributed by atoms with E-state index in [9.17, 15) is 9.90 Å². The number of hydrogen-bond donors (Lipinski definition) is 1. The summed E-state index contributed by atoms with van der Waals surface area (Å²) in [5, 5.41) is 10.9. The number of methoxy groups -OCH3 is 1. The second-order valence-corrected chi connectivity index (χ2v) is 4.34. The zero-order chi connectivity index (χ0) is 12.6. The molecule has 5 heteroatoms. The third kappa shape index (κ3) is 1.73. The largest absolute Gasteiger partial charge is 0.467 e. The fourth-order valence-corrected chi connectivity index (χ4v) is 2.36. The SMILES string of the molecule is C/N=C1/c2ccc(Cl)cc2CC1(O)C(=O)OC. The average Bonchev–Trinajstić information content (AvgIpc) is 2.59. The van der Waals surface area contributed by atoms with E-state index in [4.69, 9.17) is 11.6 Å². The lowest BCUT2D eigenvalue weighted by Crippen LogP contribution is -2.45. The Morgan fingerprint density at radius 1 is 1.59 bits per heavy atom. The average molecular weight is 254 g/mol. The monoisotopic (exact) mass is 253 g/mol. The highest BCUT2D eigenvalue weighted by atomic mass is 35.5. The topological polar surface area (TPSA) is 58.9 Å². The molecule has 1 atom stereocenters. The van der Waals surface area contributed by atoms with Crippen LogP contribution in [-0.4, -0.2) is 36.5 Å². The van der Waals surface area contributed by atoms with Crippen molar-refractivity contribution in [1.29, 1.82) is 0 Å². The normalized spacial score (nSPS) is 24.8. The van der Waals surface area contributed by atoms with Gasteiger partial charge in [-0.15, -0.1) is 0 Å². The first-order valence-electron chi connectivity index (χ1n) is 5.10. The van der Waals surface area contributed by atoms with E-state index < -0.39 is 11.6 Å². The maximum atomic E-state index is 11.7. The summed E-state index contributed by atoms with van der Waals surface area (Å²) < 4.78 is 4.63. The molecule has 1 aromatic rings. The van der Waals surface area contributed by atoms with Crippen molar-refractivity contribution < 1.29 is 14.6 Å². The molecule has 1 aromatic carbocycles. The molecule has 0 amide bonds. The minimum absolute atomic E-state index is 0.141. The molecule has 0 aromatic heterocycles. The number of aliphatic hydroxyl groups is 1. The third-order valence-electron chi connectivity index (χ3n) is 2.91. The number of carbonyl (C=O) groups excluding carboxylic acids is 1. The van der Waals surface area contributed by atoms with Gasteiger partial charge >= 0.3 is 5.97 Å². The van der Waals surface area contributed by atoms with E-state index in [0.29, 0.717) is 10.7 Å². The molecule has 0 fully saturated rings. The van der Waals surface area contributed by atoms with Crippen LogP contribution in [0.25, 0.3) is 0 Å². The first-order valence-corrected chi connectivity index (χ1v) is 5.47. The molecular formula is C12H12ClNO3. The van der Waals surface area contributed by atoms with Gasteiger partial charge in [0.2, 0.25) is 5.60 Å². The Hall–Kier alpha value is -1.39. The highest BCUT2D eigenvalue weighted by molar-refractivity contribution is 6.31. The lowest BCUT2D eigenvalue weighted by atomic mass is 9.98. The molecule has 17 heavy (non-hydrogen) atoms. The summed E-state index contributed by atoms with van der Waals surface area (Å²) in [6.07, 6.45) is 0.141. The van der Waals surface area contributed by atoms with Crippen LogP contribution in [0.5, 0.6) is 0 Å². The van der Waals surface area contributed by atoms with Crippen LogP contribution in [-0.2, 0) is 16.0 Å². The molecule has 90 valence electrons. The number of esters is 1. The molecule has 0 heterocycles. The van der Waals surface area contributed by atoms with Crippen LogP contribution in [0.2, 0.25) is 5.02 Å². The van der Waals surface area contributed by atoms with Crippen molar-refractivity contribution in [3.63, 3.8) is 0 Å². The molecule has 2 rings (SSSR count). The molecule has 0 spiro atoms. The predicted molar refractivity (Wildman–Crippen MR) is 64.6 cm³/mol. The number of rotatable bonds is 1. The second kappa shape index (κ2) is 4.13. The lowest BCUT2D eigenvalue weighted by molar-refractivity contribution is -0.154. The van der Waals surface area contributed by atoms with Crippen LogP contribution >= 0.6 is 11.6 Å². The second-order valence-electron chi connectivity index (χ2n) is 3.90. The Bertz CT molecular complexity index is 512. The lowest BCUT2D eigenvalue weighted by Gasteiger charge is -2.19. The number of fused-ring (bicyclic) bond motifs is 1. The fraction of sp³-hybridized carbons (Fsp3) is 0.333. The van der Waals surface area contributed by atoms with Gasteiger partial charge in [0, 0.05) is 24.1 Å². The zero-order valence-corrected chi connectivity index (χ0v) is 10.3. The number of halogens is 1. The van der Waals surface area contributed by atoms with E-state index in [2.05, 4.69) is 9.73 Å². The van der Waals surface area contributed by atoms with E-state index in [1.807, 2.05) is 0 Å². The van der Waals surface area contributed by atoms with Crippen molar-refractivity contribution in [2.75, 3.05) is 14.2 Å². The van der Waals surface area contributed by atoms with Gasteiger partial charge in [0.05, 0.1) is 12.8 Å². The zero-order valence-electron chi connectivity index (χ0n) is 9.53. The van der Waals surface area contributed by atoms with E-state index in [1.54, 1.807) is 18.2 Å². The molecule has 0 radical (unpaired) electrons. The Kier molecular flexibility index (Phi) is 2.93. The highest BCUT2D eigenvalue weighted by Crippen LogP contribution is 2.33. The molecule has 1 unspecified atom stereocenters. The Balaban J connectivity index is 2.56. The van der Waals surface area contributed by atoms with Crippen LogP contribution in [0, 0.1) is 0 Å². The number of carbonyl (C=O) groups is 1. The first kappa shape index (κ1) is 12.1. The van der Waals surface area contributed by atoms with Gasteiger partial charge in [-0.25, -0.2) is 4.79 Å². The number of ether oxygens (including phenoxy) is 1. The van der Waals surface area contributed by atoms with Crippen molar-refractivity contribution >= 4 is 23.3 Å². The van der Waals surface area contributed by atoms with Crippen molar-refractivity contribution in [2.24, 2.45) is 4.99 Å². The predicted octanol–water partition coefficient (Wildman–Crippen LogP) is 1.22. The van der Waals surface area contributed by atoms with Gasteiger partial charge in [0.1, 0.15) is 0 Å². The van der Waals surface area contributed by atoms with Gasteiger partial charge < -0.3 is 9.84 Å². The van der Waals surface area contributed by atoms with Gasteiger partial charge in [0.25, 0.3) is 0 Å². The van der Waals surface area contributed by atoms with Crippen LogP contribution < -0.4 is 0 Å². The molecule has 0 bridgehead atoms. The summed E-state index contributed by atoms with van der Waals surface area (Å²) in [7, 11) is 2.77. The molecule has 1 aliphatic rings. The summed E-state index contributed by atoms with van der Waals surface area (Å²) in [6, 6.07) is 5.18. The summed E-state index contributed by atoms with van der Waals surface area (Å²) in [6.45, 7) is 0. The smallest absolute Gasteiger partial charge is 0.344 e. The van der Waals surface area contributed by atoms with Gasteiger partial charge in [-0.3, -0.25) is 4.99 Å². The number of hydrogen-bond acceptors (Lipinski definition) is 4. The van der Waals surface area contributed by atoms with Gasteiger partial charge in [0.15, 0.2) is 0 Å². The minimum atomic E-state index is -1.70. The minimum Gasteiger partial charge on any atom is -0.467 e. The van der Waals surface area contributed by atoms with Crippen molar-refractivity contribution in [1.82, 2.24) is 0 Å². The van der Waals surface area contributed by atoms with Crippen LogP contribution in [0.1, 0.15) is 11.1 Å². The fourth-order valence-electron chi connectivity index (χ4n) is 2.16. The number of nitrogens with zero attached hydrogens (tertiary/aromatic N) is 1. The van der Waals surface area contributed by atoms with E-state index in [-0.39, 0.29) is 6.42 Å². The number of benzene rings is 1. The van der Waals surface area contributed by atoms with E-state index in [1.165, 1.54) is 14.2 Å². The van der Waals surface area contributed by atoms with Gasteiger partial charge in [-0.05, 0) is 17.7 Å². The number of aliphatic imine (C=N–C) groups is 1. The summed E-state index contributed by atoms with van der Waals surface area (Å²) in [5.74, 6) is -0.703. The Labute approximate surface area is 104 Å². The van der Waals surface area contributed by atoms with E-state index >= 15 is 0 Å². The summed E-state index contributed by atoms with van der Waals surface area (Å²) in [5.41, 5.74) is 0.170. The van der Waals surface area contributed by atoms with Gasteiger partial charge in [-0.1, -0.05) is 17.7 Å².